The van der Waals surface area contributed by atoms with Crippen LogP contribution in [0.2, 0.25) is 18.1 Å². The molecule has 0 aromatic carbocycles. The highest BCUT2D eigenvalue weighted by Crippen LogP contribution is 2.39. The lowest BCUT2D eigenvalue weighted by Crippen LogP contribution is -2.46. The summed E-state index contributed by atoms with van der Waals surface area (Å²) in [5.74, 6) is 1.31. The van der Waals surface area contributed by atoms with Gasteiger partial charge in [0.1, 0.15) is 6.61 Å². The zero-order valence-electron chi connectivity index (χ0n) is 15.7. The van der Waals surface area contributed by atoms with Gasteiger partial charge in [-0.25, -0.2) is 9.69 Å². The first kappa shape index (κ1) is 19.1. The van der Waals surface area contributed by atoms with Gasteiger partial charge in [-0.05, 0) is 36.0 Å². The van der Waals surface area contributed by atoms with E-state index in [0.29, 0.717) is 24.3 Å². The van der Waals surface area contributed by atoms with E-state index in [1.165, 1.54) is 0 Å². The Balaban J connectivity index is 3.17. The minimum absolute atomic E-state index is 0.0438. The molecule has 0 radical (unpaired) electrons. The first-order valence-corrected chi connectivity index (χ1v) is 11.1. The van der Waals surface area contributed by atoms with Crippen LogP contribution in [0.25, 0.3) is 0 Å². The number of cyclic esters (lactones) is 1. The molecule has 1 aliphatic heterocycles. The molecule has 22 heavy (non-hydrogen) atoms. The van der Waals surface area contributed by atoms with Gasteiger partial charge in [0.25, 0.3) is 8.32 Å². The average Bonchev–Trinajstić information content (AvgIpc) is 2.67. The smallest absolute Gasteiger partial charge is 0.417 e. The maximum Gasteiger partial charge on any atom is 0.417 e. The standard InChI is InChI=1S/C17H33NO3Si/c1-12(2)10-15(21-22(8,9)17(5,6)7)18-14(13(3)4)11-20-16(18)19/h10,12-14H,11H2,1-9H3/b15-10-. The summed E-state index contributed by atoms with van der Waals surface area (Å²) >= 11 is 0. The van der Waals surface area contributed by atoms with Crippen molar-refractivity contribution in [2.24, 2.45) is 11.8 Å². The number of allylic oxidation sites excluding steroid dienone is 1. The normalized spacial score (nSPS) is 20.9. The maximum absolute atomic E-state index is 12.2. The molecule has 0 bridgehead atoms. The molecule has 0 aliphatic carbocycles. The van der Waals surface area contributed by atoms with Gasteiger partial charge in [0.15, 0.2) is 5.88 Å². The minimum Gasteiger partial charge on any atom is -0.532 e. The molecule has 1 atom stereocenters. The van der Waals surface area contributed by atoms with Crippen LogP contribution < -0.4 is 0 Å². The summed E-state index contributed by atoms with van der Waals surface area (Å²) in [6.07, 6.45) is 1.76. The fourth-order valence-electron chi connectivity index (χ4n) is 2.04. The van der Waals surface area contributed by atoms with Crippen LogP contribution in [0, 0.1) is 11.8 Å². The summed E-state index contributed by atoms with van der Waals surface area (Å²) in [5.41, 5.74) is 0. The highest BCUT2D eigenvalue weighted by Gasteiger charge is 2.44. The third-order valence-corrected chi connectivity index (χ3v) is 8.89. The van der Waals surface area contributed by atoms with Gasteiger partial charge < -0.3 is 9.16 Å². The number of carbonyl (C=O) groups is 1. The SMILES string of the molecule is CC(C)/C=C(\O[Si](C)(C)C(C)(C)C)N1C(=O)OCC1C(C)C. The van der Waals surface area contributed by atoms with E-state index in [2.05, 4.69) is 61.6 Å². The van der Waals surface area contributed by atoms with E-state index in [0.717, 1.165) is 0 Å². The van der Waals surface area contributed by atoms with Crippen molar-refractivity contribution in [2.75, 3.05) is 6.61 Å². The molecule has 5 heteroatoms. The Hall–Kier alpha value is -0.973. The van der Waals surface area contributed by atoms with Crippen LogP contribution in [0.1, 0.15) is 48.5 Å². The highest BCUT2D eigenvalue weighted by atomic mass is 28.4. The summed E-state index contributed by atoms with van der Waals surface area (Å²) in [6, 6.07) is 0.0438. The van der Waals surface area contributed by atoms with Crippen LogP contribution >= 0.6 is 0 Å². The highest BCUT2D eigenvalue weighted by molar-refractivity contribution is 6.74. The summed E-state index contributed by atoms with van der Waals surface area (Å²) in [6.45, 7) is 19.9. The van der Waals surface area contributed by atoms with Crippen molar-refractivity contribution in [2.45, 2.75) is 72.6 Å². The van der Waals surface area contributed by atoms with Crippen molar-refractivity contribution in [1.82, 2.24) is 4.90 Å². The van der Waals surface area contributed by atoms with E-state index in [-0.39, 0.29) is 17.2 Å². The molecule has 1 heterocycles. The monoisotopic (exact) mass is 327 g/mol. The molecule has 1 rings (SSSR count). The molecule has 128 valence electrons. The van der Waals surface area contributed by atoms with Crippen molar-refractivity contribution in [1.29, 1.82) is 0 Å². The van der Waals surface area contributed by atoms with Crippen LogP contribution in [0.4, 0.5) is 4.79 Å². The largest absolute Gasteiger partial charge is 0.532 e. The Bertz CT molecular complexity index is 436. The zero-order valence-corrected chi connectivity index (χ0v) is 16.7. The molecule has 1 unspecified atom stereocenters. The van der Waals surface area contributed by atoms with Crippen molar-refractivity contribution in [3.63, 3.8) is 0 Å². The third kappa shape index (κ3) is 4.28. The lowest BCUT2D eigenvalue weighted by molar-refractivity contribution is 0.146. The fraction of sp³-hybridized carbons (Fsp3) is 0.824. The van der Waals surface area contributed by atoms with Crippen LogP contribution in [0.15, 0.2) is 12.0 Å². The van der Waals surface area contributed by atoms with Crippen molar-refractivity contribution < 1.29 is 14.0 Å². The number of carbonyl (C=O) groups excluding carboxylic acids is 1. The van der Waals surface area contributed by atoms with E-state index < -0.39 is 8.32 Å². The summed E-state index contributed by atoms with van der Waals surface area (Å²) < 4.78 is 11.8. The van der Waals surface area contributed by atoms with E-state index in [4.69, 9.17) is 9.16 Å². The van der Waals surface area contributed by atoms with E-state index in [9.17, 15) is 4.79 Å². The molecule has 1 fully saturated rings. The van der Waals surface area contributed by atoms with Gasteiger partial charge >= 0.3 is 6.09 Å². The second-order valence-electron chi connectivity index (χ2n) is 8.37. The molecule has 0 spiro atoms. The Morgan fingerprint density at radius 2 is 1.86 bits per heavy atom. The van der Waals surface area contributed by atoms with Crippen molar-refractivity contribution in [3.8, 4) is 0 Å². The lowest BCUT2D eigenvalue weighted by Gasteiger charge is -2.40. The molecule has 1 aliphatic rings. The van der Waals surface area contributed by atoms with E-state index in [1.54, 1.807) is 4.90 Å². The fourth-order valence-corrected chi connectivity index (χ4v) is 3.04. The summed E-state index contributed by atoms with van der Waals surface area (Å²) in [4.78, 5) is 14.0. The number of rotatable bonds is 5. The topological polar surface area (TPSA) is 38.8 Å². The van der Waals surface area contributed by atoms with Crippen molar-refractivity contribution >= 4 is 14.4 Å². The number of amides is 1. The van der Waals surface area contributed by atoms with Gasteiger partial charge in [0.05, 0.1) is 6.04 Å². The van der Waals surface area contributed by atoms with Crippen LogP contribution in [-0.4, -0.2) is 32.0 Å². The van der Waals surface area contributed by atoms with Crippen LogP contribution in [0.3, 0.4) is 0 Å². The predicted molar refractivity (Wildman–Crippen MR) is 93.0 cm³/mol. The van der Waals surface area contributed by atoms with Gasteiger partial charge in [-0.2, -0.15) is 0 Å². The second-order valence-corrected chi connectivity index (χ2v) is 13.1. The Labute approximate surface area is 137 Å². The van der Waals surface area contributed by atoms with E-state index >= 15 is 0 Å². The van der Waals surface area contributed by atoms with Gasteiger partial charge in [0, 0.05) is 0 Å². The average molecular weight is 328 g/mol. The molecular formula is C17H33NO3Si. The first-order valence-electron chi connectivity index (χ1n) is 8.23. The summed E-state index contributed by atoms with van der Waals surface area (Å²) in [5, 5.41) is 0.0834. The van der Waals surface area contributed by atoms with Gasteiger partial charge in [-0.1, -0.05) is 48.5 Å². The number of nitrogens with zero attached hydrogens (tertiary/aromatic N) is 1. The molecule has 1 amide bonds. The van der Waals surface area contributed by atoms with Gasteiger partial charge in [0.2, 0.25) is 0 Å². The van der Waals surface area contributed by atoms with Gasteiger partial charge in [-0.3, -0.25) is 0 Å². The number of hydrogen-bond donors (Lipinski definition) is 0. The summed E-state index contributed by atoms with van der Waals surface area (Å²) in [7, 11) is -2.01. The molecule has 0 aromatic heterocycles. The molecule has 0 N–H and O–H groups in total. The van der Waals surface area contributed by atoms with E-state index in [1.807, 2.05) is 6.08 Å². The molecule has 4 nitrogen and oxygen atoms in total. The molecular weight excluding hydrogens is 294 g/mol. The maximum atomic E-state index is 12.2. The molecule has 0 saturated carbocycles. The lowest BCUT2D eigenvalue weighted by atomic mass is 10.0. The Kier molecular flexibility index (Phi) is 5.76. The van der Waals surface area contributed by atoms with Gasteiger partial charge in [-0.15, -0.1) is 0 Å². The number of hydrogen-bond acceptors (Lipinski definition) is 3. The Morgan fingerprint density at radius 3 is 2.27 bits per heavy atom. The third-order valence-electron chi connectivity index (χ3n) is 4.55. The Morgan fingerprint density at radius 1 is 1.32 bits per heavy atom. The second kappa shape index (κ2) is 6.65. The van der Waals surface area contributed by atoms with Crippen LogP contribution in [-0.2, 0) is 9.16 Å². The van der Waals surface area contributed by atoms with Crippen molar-refractivity contribution in [3.05, 3.63) is 12.0 Å². The molecule has 1 saturated heterocycles. The van der Waals surface area contributed by atoms with Crippen LogP contribution in [0.5, 0.6) is 0 Å². The first-order chi connectivity index (χ1) is 9.86. The zero-order chi connectivity index (χ0) is 17.3. The molecule has 0 aromatic rings. The minimum atomic E-state index is -2.01. The number of ether oxygens (including phenoxy) is 1. The quantitative estimate of drug-likeness (QED) is 0.528. The predicted octanol–water partition coefficient (Wildman–Crippen LogP) is 4.98.